The first-order valence-corrected chi connectivity index (χ1v) is 10.7. The Labute approximate surface area is 179 Å². The number of nitrogens with one attached hydrogen (secondary N) is 2. The summed E-state index contributed by atoms with van der Waals surface area (Å²) in [5.41, 5.74) is 0.502. The minimum absolute atomic E-state index is 0.00397. The van der Waals surface area contributed by atoms with Crippen LogP contribution < -0.4 is 20.5 Å². The molecule has 2 rings (SSSR count). The second kappa shape index (κ2) is 10.5. The molecule has 0 unspecified atom stereocenters. The number of sulfonamides is 1. The highest BCUT2D eigenvalue weighted by Gasteiger charge is 2.13. The van der Waals surface area contributed by atoms with E-state index in [1.54, 1.807) is 24.3 Å². The summed E-state index contributed by atoms with van der Waals surface area (Å²) in [7, 11) is -3.92. The zero-order chi connectivity index (χ0) is 23.0. The fourth-order valence-corrected chi connectivity index (χ4v) is 2.92. The van der Waals surface area contributed by atoms with Gasteiger partial charge in [0, 0.05) is 11.3 Å². The van der Waals surface area contributed by atoms with Crippen LogP contribution in [0.4, 0.5) is 5.69 Å². The predicted molar refractivity (Wildman–Crippen MR) is 112 cm³/mol. The maximum atomic E-state index is 12.1. The van der Waals surface area contributed by atoms with Gasteiger partial charge < -0.3 is 20.1 Å². The quantitative estimate of drug-likeness (QED) is 0.483. The number of anilines is 1. The van der Waals surface area contributed by atoms with Crippen LogP contribution in [0.2, 0.25) is 0 Å². The number of rotatable bonds is 9. The Hall–Kier alpha value is -3.44. The molecule has 0 radical (unpaired) electrons. The molecule has 0 saturated carbocycles. The minimum atomic E-state index is -3.92. The van der Waals surface area contributed by atoms with Crippen molar-refractivity contribution >= 4 is 33.5 Å². The lowest BCUT2D eigenvalue weighted by atomic mass is 10.2. The average Bonchev–Trinajstić information content (AvgIpc) is 2.70. The average molecular weight is 449 g/mol. The molecule has 0 atom stereocenters. The molecule has 0 fully saturated rings. The molecule has 166 valence electrons. The van der Waals surface area contributed by atoms with Crippen LogP contribution in [-0.2, 0) is 24.3 Å². The summed E-state index contributed by atoms with van der Waals surface area (Å²) in [4.78, 5) is 35.5. The highest BCUT2D eigenvalue weighted by atomic mass is 32.2. The van der Waals surface area contributed by atoms with E-state index in [9.17, 15) is 22.8 Å². The van der Waals surface area contributed by atoms with Crippen LogP contribution in [-0.4, -0.2) is 45.5 Å². The van der Waals surface area contributed by atoms with E-state index in [4.69, 9.17) is 14.6 Å². The summed E-state index contributed by atoms with van der Waals surface area (Å²) in [6, 6.07) is 11.7. The summed E-state index contributed by atoms with van der Waals surface area (Å²) in [6.45, 7) is 2.72. The molecule has 0 bridgehead atoms. The molecule has 2 aromatic rings. The standard InChI is InChI=1S/C20H23N3O7S/c1-13(2)30-16-8-6-14(7-9-16)20(26)22-11-19(25)29-12-18(24)23-15-4-3-5-17(10-15)31(21,27)28/h3-10,13H,11-12H2,1-2H3,(H,22,26)(H,23,24)(H2,21,27,28). The van der Waals surface area contributed by atoms with Crippen molar-refractivity contribution in [2.45, 2.75) is 24.8 Å². The Morgan fingerprint density at radius 1 is 1.06 bits per heavy atom. The van der Waals surface area contributed by atoms with Crippen molar-refractivity contribution in [3.05, 3.63) is 54.1 Å². The topological polar surface area (TPSA) is 154 Å². The predicted octanol–water partition coefficient (Wildman–Crippen LogP) is 1.03. The van der Waals surface area contributed by atoms with Gasteiger partial charge in [-0.3, -0.25) is 14.4 Å². The van der Waals surface area contributed by atoms with Crippen LogP contribution in [0.15, 0.2) is 53.4 Å². The summed E-state index contributed by atoms with van der Waals surface area (Å²) in [6.07, 6.45) is 0.00397. The molecule has 2 aromatic carbocycles. The molecule has 0 spiro atoms. The molecular weight excluding hydrogens is 426 g/mol. The lowest BCUT2D eigenvalue weighted by Crippen LogP contribution is -2.32. The summed E-state index contributed by atoms with van der Waals surface area (Å²) in [5, 5.41) is 9.80. The Morgan fingerprint density at radius 2 is 1.74 bits per heavy atom. The van der Waals surface area contributed by atoms with Gasteiger partial charge in [0.15, 0.2) is 6.61 Å². The van der Waals surface area contributed by atoms with E-state index in [1.807, 2.05) is 13.8 Å². The third-order valence-corrected chi connectivity index (χ3v) is 4.60. The van der Waals surface area contributed by atoms with Crippen molar-refractivity contribution in [2.24, 2.45) is 5.14 Å². The minimum Gasteiger partial charge on any atom is -0.491 e. The largest absolute Gasteiger partial charge is 0.491 e. The molecule has 0 aliphatic rings. The fourth-order valence-electron chi connectivity index (χ4n) is 2.36. The number of hydrogen-bond donors (Lipinski definition) is 3. The van der Waals surface area contributed by atoms with Gasteiger partial charge in [-0.1, -0.05) is 6.07 Å². The van der Waals surface area contributed by atoms with Crippen molar-refractivity contribution < 1.29 is 32.3 Å². The van der Waals surface area contributed by atoms with Crippen molar-refractivity contribution in [3.63, 3.8) is 0 Å². The first kappa shape index (κ1) is 23.8. The third kappa shape index (κ3) is 8.07. The van der Waals surface area contributed by atoms with E-state index in [2.05, 4.69) is 10.6 Å². The summed E-state index contributed by atoms with van der Waals surface area (Å²) in [5.74, 6) is -1.38. The van der Waals surface area contributed by atoms with Crippen LogP contribution in [0.5, 0.6) is 5.75 Å². The van der Waals surface area contributed by atoms with Gasteiger partial charge in [0.25, 0.3) is 11.8 Å². The van der Waals surface area contributed by atoms with E-state index in [-0.39, 0.29) is 16.7 Å². The Morgan fingerprint density at radius 3 is 2.35 bits per heavy atom. The lowest BCUT2D eigenvalue weighted by Gasteiger charge is -2.10. The van der Waals surface area contributed by atoms with Crippen LogP contribution in [0.3, 0.4) is 0 Å². The molecule has 11 heteroatoms. The van der Waals surface area contributed by atoms with Crippen molar-refractivity contribution in [1.29, 1.82) is 0 Å². The second-order valence-electron chi connectivity index (χ2n) is 6.66. The number of nitrogens with two attached hydrogens (primary N) is 1. The van der Waals surface area contributed by atoms with E-state index < -0.39 is 41.0 Å². The molecule has 10 nitrogen and oxygen atoms in total. The van der Waals surface area contributed by atoms with Gasteiger partial charge in [-0.05, 0) is 56.3 Å². The number of carbonyl (C=O) groups is 3. The summed E-state index contributed by atoms with van der Waals surface area (Å²) >= 11 is 0. The molecule has 0 aliphatic carbocycles. The highest BCUT2D eigenvalue weighted by molar-refractivity contribution is 7.89. The van der Waals surface area contributed by atoms with E-state index in [1.165, 1.54) is 24.3 Å². The smallest absolute Gasteiger partial charge is 0.325 e. The monoisotopic (exact) mass is 449 g/mol. The van der Waals surface area contributed by atoms with Crippen LogP contribution >= 0.6 is 0 Å². The molecular formula is C20H23N3O7S. The number of hydrogen-bond acceptors (Lipinski definition) is 7. The lowest BCUT2D eigenvalue weighted by molar-refractivity contribution is -0.146. The van der Waals surface area contributed by atoms with Gasteiger partial charge in [-0.15, -0.1) is 0 Å². The zero-order valence-electron chi connectivity index (χ0n) is 17.0. The molecule has 31 heavy (non-hydrogen) atoms. The van der Waals surface area contributed by atoms with Crippen LogP contribution in [0.25, 0.3) is 0 Å². The van der Waals surface area contributed by atoms with Crippen molar-refractivity contribution in [3.8, 4) is 5.75 Å². The van der Waals surface area contributed by atoms with Crippen molar-refractivity contribution in [1.82, 2.24) is 5.32 Å². The first-order chi connectivity index (χ1) is 14.5. The normalized spacial score (nSPS) is 11.0. The van der Waals surface area contributed by atoms with E-state index >= 15 is 0 Å². The fraction of sp³-hybridized carbons (Fsp3) is 0.250. The Balaban J connectivity index is 1.77. The molecule has 0 aromatic heterocycles. The molecule has 0 aliphatic heterocycles. The molecule has 0 heterocycles. The Kier molecular flexibility index (Phi) is 8.11. The number of ether oxygens (including phenoxy) is 2. The van der Waals surface area contributed by atoms with Crippen molar-refractivity contribution in [2.75, 3.05) is 18.5 Å². The van der Waals surface area contributed by atoms with Gasteiger partial charge in [0.2, 0.25) is 10.0 Å². The zero-order valence-corrected chi connectivity index (χ0v) is 17.8. The maximum Gasteiger partial charge on any atom is 0.325 e. The maximum absolute atomic E-state index is 12.1. The summed E-state index contributed by atoms with van der Waals surface area (Å²) < 4.78 is 32.9. The number of primary sulfonamides is 1. The van der Waals surface area contributed by atoms with Crippen LogP contribution in [0.1, 0.15) is 24.2 Å². The SMILES string of the molecule is CC(C)Oc1ccc(C(=O)NCC(=O)OCC(=O)Nc2cccc(S(N)(=O)=O)c2)cc1. The number of esters is 1. The van der Waals surface area contributed by atoms with Gasteiger partial charge in [-0.25, -0.2) is 13.6 Å². The molecule has 4 N–H and O–H groups in total. The number of carbonyl (C=O) groups excluding carboxylic acids is 3. The first-order valence-electron chi connectivity index (χ1n) is 9.18. The Bertz CT molecular complexity index is 1050. The second-order valence-corrected chi connectivity index (χ2v) is 8.22. The van der Waals surface area contributed by atoms with Gasteiger partial charge in [0.05, 0.1) is 11.0 Å². The number of benzene rings is 2. The highest BCUT2D eigenvalue weighted by Crippen LogP contribution is 2.14. The molecule has 2 amide bonds. The van der Waals surface area contributed by atoms with Gasteiger partial charge in [-0.2, -0.15) is 0 Å². The van der Waals surface area contributed by atoms with Gasteiger partial charge in [0.1, 0.15) is 12.3 Å². The third-order valence-electron chi connectivity index (χ3n) is 3.69. The van der Waals surface area contributed by atoms with Crippen LogP contribution in [0, 0.1) is 0 Å². The van der Waals surface area contributed by atoms with E-state index in [0.717, 1.165) is 0 Å². The molecule has 0 saturated heterocycles. The number of amides is 2. The van der Waals surface area contributed by atoms with E-state index in [0.29, 0.717) is 11.3 Å². The van der Waals surface area contributed by atoms with Gasteiger partial charge >= 0.3 is 5.97 Å².